The van der Waals surface area contributed by atoms with Crippen molar-refractivity contribution in [2.45, 2.75) is 32.9 Å². The van der Waals surface area contributed by atoms with Crippen LogP contribution in [0.2, 0.25) is 0 Å². The highest BCUT2D eigenvalue weighted by Gasteiger charge is 2.11. The number of nitrogens with one attached hydrogen (secondary N) is 1. The van der Waals surface area contributed by atoms with Crippen LogP contribution in [-0.2, 0) is 11.3 Å². The molecular formula is C20H25NO3. The Hall–Kier alpha value is -2.17. The molecule has 0 spiro atoms. The van der Waals surface area contributed by atoms with E-state index in [0.717, 1.165) is 29.7 Å². The van der Waals surface area contributed by atoms with Crippen molar-refractivity contribution in [3.05, 3.63) is 59.7 Å². The third kappa shape index (κ3) is 4.91. The first kappa shape index (κ1) is 18.2. The van der Waals surface area contributed by atoms with Crippen molar-refractivity contribution in [1.29, 1.82) is 0 Å². The number of hydrogen-bond acceptors (Lipinski definition) is 3. The molecule has 2 aromatic carbocycles. The van der Waals surface area contributed by atoms with Gasteiger partial charge in [0.05, 0.1) is 11.7 Å². The fourth-order valence-electron chi connectivity index (χ4n) is 2.70. The number of aromatic carboxylic acids is 1. The van der Waals surface area contributed by atoms with Gasteiger partial charge in [0.1, 0.15) is 0 Å². The molecule has 0 heterocycles. The summed E-state index contributed by atoms with van der Waals surface area (Å²) in [7, 11) is 0. The molecule has 2 aromatic rings. The third-order valence-electron chi connectivity index (χ3n) is 3.98. The van der Waals surface area contributed by atoms with E-state index >= 15 is 0 Å². The van der Waals surface area contributed by atoms with Crippen LogP contribution in [0.15, 0.2) is 48.5 Å². The Morgan fingerprint density at radius 2 is 1.92 bits per heavy atom. The summed E-state index contributed by atoms with van der Waals surface area (Å²) in [6, 6.07) is 15.3. The van der Waals surface area contributed by atoms with Gasteiger partial charge in [-0.3, -0.25) is 0 Å². The maximum atomic E-state index is 11.3. The van der Waals surface area contributed by atoms with E-state index in [4.69, 9.17) is 4.74 Å². The minimum absolute atomic E-state index is 0.179. The van der Waals surface area contributed by atoms with Crippen molar-refractivity contribution < 1.29 is 14.6 Å². The van der Waals surface area contributed by atoms with Crippen molar-refractivity contribution in [2.24, 2.45) is 0 Å². The normalized spacial score (nSPS) is 12.1. The Labute approximate surface area is 143 Å². The van der Waals surface area contributed by atoms with Crippen molar-refractivity contribution >= 4 is 5.97 Å². The predicted octanol–water partition coefficient (Wildman–Crippen LogP) is 3.96. The average Bonchev–Trinajstić information content (AvgIpc) is 2.61. The largest absolute Gasteiger partial charge is 0.478 e. The quantitative estimate of drug-likeness (QED) is 0.732. The molecule has 0 radical (unpaired) electrons. The van der Waals surface area contributed by atoms with Crippen LogP contribution in [0, 0.1) is 0 Å². The van der Waals surface area contributed by atoms with Crippen molar-refractivity contribution in [3.8, 4) is 11.1 Å². The van der Waals surface area contributed by atoms with E-state index in [-0.39, 0.29) is 6.10 Å². The molecular weight excluding hydrogens is 302 g/mol. The zero-order chi connectivity index (χ0) is 17.4. The number of carbonyl (C=O) groups is 1. The Balaban J connectivity index is 2.19. The van der Waals surface area contributed by atoms with Crippen LogP contribution in [0.1, 0.15) is 36.2 Å². The smallest absolute Gasteiger partial charge is 0.335 e. The average molecular weight is 327 g/mol. The summed E-state index contributed by atoms with van der Waals surface area (Å²) in [5.74, 6) is -0.906. The molecule has 0 aliphatic carbocycles. The second-order valence-corrected chi connectivity index (χ2v) is 5.66. The van der Waals surface area contributed by atoms with Crippen LogP contribution in [0.5, 0.6) is 0 Å². The van der Waals surface area contributed by atoms with E-state index in [9.17, 15) is 9.90 Å². The maximum absolute atomic E-state index is 11.3. The van der Waals surface area contributed by atoms with Crippen LogP contribution in [-0.4, -0.2) is 30.3 Å². The van der Waals surface area contributed by atoms with Gasteiger partial charge in [-0.2, -0.15) is 0 Å². The van der Waals surface area contributed by atoms with E-state index < -0.39 is 5.97 Å². The summed E-state index contributed by atoms with van der Waals surface area (Å²) in [5.41, 5.74) is 3.43. The fraction of sp³-hybridized carbons (Fsp3) is 0.350. The SMILES string of the molecule is CCOC(CC)CNCc1cc(C(=O)O)ccc1-c1ccccc1. The van der Waals surface area contributed by atoms with Gasteiger partial charge in [0.15, 0.2) is 0 Å². The first-order valence-electron chi connectivity index (χ1n) is 8.39. The number of benzene rings is 2. The predicted molar refractivity (Wildman–Crippen MR) is 96.2 cm³/mol. The van der Waals surface area contributed by atoms with Gasteiger partial charge in [-0.25, -0.2) is 4.79 Å². The summed E-state index contributed by atoms with van der Waals surface area (Å²) in [4.78, 5) is 11.3. The lowest BCUT2D eigenvalue weighted by atomic mass is 9.97. The molecule has 0 fully saturated rings. The molecule has 2 N–H and O–H groups in total. The molecule has 0 amide bonds. The summed E-state index contributed by atoms with van der Waals surface area (Å²) < 4.78 is 5.65. The second kappa shape index (κ2) is 9.21. The Bertz CT molecular complexity index is 655. The number of carboxylic acids is 1. The first-order valence-corrected chi connectivity index (χ1v) is 8.39. The van der Waals surface area contributed by atoms with E-state index in [1.54, 1.807) is 12.1 Å². The highest BCUT2D eigenvalue weighted by Crippen LogP contribution is 2.25. The molecule has 2 rings (SSSR count). The Morgan fingerprint density at radius 1 is 1.17 bits per heavy atom. The Morgan fingerprint density at radius 3 is 2.54 bits per heavy atom. The van der Waals surface area contributed by atoms with E-state index in [2.05, 4.69) is 12.2 Å². The zero-order valence-corrected chi connectivity index (χ0v) is 14.3. The molecule has 24 heavy (non-hydrogen) atoms. The lowest BCUT2D eigenvalue weighted by Gasteiger charge is -2.17. The molecule has 0 bridgehead atoms. The van der Waals surface area contributed by atoms with Gasteiger partial charge in [0, 0.05) is 19.7 Å². The number of ether oxygens (including phenoxy) is 1. The van der Waals surface area contributed by atoms with E-state index in [1.807, 2.05) is 43.3 Å². The second-order valence-electron chi connectivity index (χ2n) is 5.66. The molecule has 1 atom stereocenters. The minimum atomic E-state index is -0.906. The highest BCUT2D eigenvalue weighted by atomic mass is 16.5. The maximum Gasteiger partial charge on any atom is 0.335 e. The number of carboxylic acid groups (broad SMARTS) is 1. The molecule has 1 unspecified atom stereocenters. The molecule has 4 nitrogen and oxygen atoms in total. The summed E-state index contributed by atoms with van der Waals surface area (Å²) in [5, 5.41) is 12.6. The molecule has 0 aliphatic rings. The first-order chi connectivity index (χ1) is 11.7. The number of rotatable bonds is 9. The van der Waals surface area contributed by atoms with Crippen LogP contribution in [0.4, 0.5) is 0 Å². The van der Waals surface area contributed by atoms with Crippen LogP contribution in [0.3, 0.4) is 0 Å². The van der Waals surface area contributed by atoms with Crippen molar-refractivity contribution in [1.82, 2.24) is 5.32 Å². The van der Waals surface area contributed by atoms with Gasteiger partial charge in [0.25, 0.3) is 0 Å². The van der Waals surface area contributed by atoms with Crippen molar-refractivity contribution in [3.63, 3.8) is 0 Å². The van der Waals surface area contributed by atoms with E-state index in [1.165, 1.54) is 0 Å². The minimum Gasteiger partial charge on any atom is -0.478 e. The molecule has 0 aliphatic heterocycles. The lowest BCUT2D eigenvalue weighted by Crippen LogP contribution is -2.28. The van der Waals surface area contributed by atoms with Gasteiger partial charge in [0.2, 0.25) is 0 Å². The molecule has 4 heteroatoms. The Kier molecular flexibility index (Phi) is 6.97. The van der Waals surface area contributed by atoms with Gasteiger partial charge in [-0.15, -0.1) is 0 Å². The standard InChI is InChI=1S/C20H25NO3/c1-3-18(24-4-2)14-21-13-17-12-16(20(22)23)10-11-19(17)15-8-6-5-7-9-15/h5-12,18,21H,3-4,13-14H2,1-2H3,(H,22,23). The summed E-state index contributed by atoms with van der Waals surface area (Å²) in [6.45, 7) is 6.14. The van der Waals surface area contributed by atoms with Crippen LogP contribution >= 0.6 is 0 Å². The molecule has 128 valence electrons. The molecule has 0 aromatic heterocycles. The van der Waals surface area contributed by atoms with Gasteiger partial charge in [-0.1, -0.05) is 43.3 Å². The summed E-state index contributed by atoms with van der Waals surface area (Å²) >= 11 is 0. The third-order valence-corrected chi connectivity index (χ3v) is 3.98. The van der Waals surface area contributed by atoms with Crippen LogP contribution in [0.25, 0.3) is 11.1 Å². The monoisotopic (exact) mass is 327 g/mol. The van der Waals surface area contributed by atoms with Crippen LogP contribution < -0.4 is 5.32 Å². The fourth-order valence-corrected chi connectivity index (χ4v) is 2.70. The highest BCUT2D eigenvalue weighted by molar-refractivity contribution is 5.89. The molecule has 0 saturated heterocycles. The van der Waals surface area contributed by atoms with Gasteiger partial charge >= 0.3 is 5.97 Å². The number of hydrogen-bond donors (Lipinski definition) is 2. The summed E-state index contributed by atoms with van der Waals surface area (Å²) in [6.07, 6.45) is 1.12. The zero-order valence-electron chi connectivity index (χ0n) is 14.3. The topological polar surface area (TPSA) is 58.6 Å². The lowest BCUT2D eigenvalue weighted by molar-refractivity contribution is 0.0600. The van der Waals surface area contributed by atoms with E-state index in [0.29, 0.717) is 18.7 Å². The van der Waals surface area contributed by atoms with Gasteiger partial charge < -0.3 is 15.2 Å². The molecule has 0 saturated carbocycles. The van der Waals surface area contributed by atoms with Gasteiger partial charge in [-0.05, 0) is 42.2 Å². The van der Waals surface area contributed by atoms with Crippen molar-refractivity contribution in [2.75, 3.05) is 13.2 Å².